The number of carbonyl (C=O) groups excluding carboxylic acids is 3. The number of carboxylic acid groups (broad SMARTS) is 1. The lowest BCUT2D eigenvalue weighted by atomic mass is 10.0. The van der Waals surface area contributed by atoms with Crippen molar-refractivity contribution in [3.05, 3.63) is 36.5 Å². The van der Waals surface area contributed by atoms with Crippen LogP contribution in [0, 0.1) is 0 Å². The third-order valence-corrected chi connectivity index (χ3v) is 11.1. The van der Waals surface area contributed by atoms with Crippen LogP contribution in [0.15, 0.2) is 36.5 Å². The quantitative estimate of drug-likeness (QED) is 0.0272. The molecule has 4 N–H and O–H groups in total. The number of carboxylic acids is 1. The SMILES string of the molecule is CCCCC/C=C\C/C=C\C/C=C\C(CCCCCCCC(=O)NCC(=O)NC(CO)C(=O)O)OC(=O)CCCCCCCCCCCCCCCCCCCCCCC. The Hall–Kier alpha value is -2.94. The smallest absolute Gasteiger partial charge is 0.328 e. The average molecular weight is 845 g/mol. The van der Waals surface area contributed by atoms with Gasteiger partial charge in [0.25, 0.3) is 0 Å². The van der Waals surface area contributed by atoms with Gasteiger partial charge in [-0.15, -0.1) is 0 Å². The summed E-state index contributed by atoms with van der Waals surface area (Å²) < 4.78 is 5.94. The van der Waals surface area contributed by atoms with E-state index in [-0.39, 0.29) is 30.9 Å². The molecule has 0 radical (unpaired) electrons. The van der Waals surface area contributed by atoms with E-state index in [4.69, 9.17) is 14.9 Å². The van der Waals surface area contributed by atoms with Crippen molar-refractivity contribution in [3.8, 4) is 0 Å². The molecule has 60 heavy (non-hydrogen) atoms. The van der Waals surface area contributed by atoms with Crippen LogP contribution in [-0.2, 0) is 23.9 Å². The molecule has 0 fully saturated rings. The summed E-state index contributed by atoms with van der Waals surface area (Å²) in [5.74, 6) is -2.38. The highest BCUT2D eigenvalue weighted by Gasteiger charge is 2.18. The van der Waals surface area contributed by atoms with E-state index >= 15 is 0 Å². The molecule has 2 atom stereocenters. The third-order valence-electron chi connectivity index (χ3n) is 11.1. The zero-order chi connectivity index (χ0) is 44.0. The molecule has 0 aliphatic heterocycles. The van der Waals surface area contributed by atoms with Crippen LogP contribution in [-0.4, -0.2) is 59.3 Å². The van der Waals surface area contributed by atoms with Crippen molar-refractivity contribution >= 4 is 23.8 Å². The molecule has 2 unspecified atom stereocenters. The van der Waals surface area contributed by atoms with Gasteiger partial charge in [-0.3, -0.25) is 14.4 Å². The lowest BCUT2D eigenvalue weighted by Crippen LogP contribution is -2.47. The van der Waals surface area contributed by atoms with Gasteiger partial charge in [0, 0.05) is 12.8 Å². The van der Waals surface area contributed by atoms with Crippen molar-refractivity contribution in [2.45, 2.75) is 251 Å². The molecule has 0 aliphatic carbocycles. The number of nitrogens with one attached hydrogen (secondary N) is 2. The first-order valence-electron chi connectivity index (χ1n) is 24.9. The van der Waals surface area contributed by atoms with Gasteiger partial charge in [0.1, 0.15) is 12.1 Å². The van der Waals surface area contributed by atoms with E-state index in [9.17, 15) is 19.2 Å². The van der Waals surface area contributed by atoms with Crippen LogP contribution in [0.5, 0.6) is 0 Å². The van der Waals surface area contributed by atoms with Gasteiger partial charge in [-0.1, -0.05) is 205 Å². The van der Waals surface area contributed by atoms with E-state index in [1.165, 1.54) is 141 Å². The van der Waals surface area contributed by atoms with Gasteiger partial charge in [0.2, 0.25) is 11.8 Å². The van der Waals surface area contributed by atoms with E-state index in [1.54, 1.807) is 0 Å². The first kappa shape index (κ1) is 57.1. The van der Waals surface area contributed by atoms with Crippen LogP contribution >= 0.6 is 0 Å². The minimum atomic E-state index is -1.39. The Balaban J connectivity index is 4.24. The number of esters is 1. The van der Waals surface area contributed by atoms with Gasteiger partial charge in [0.05, 0.1) is 13.2 Å². The maximum absolute atomic E-state index is 12.8. The Morgan fingerprint density at radius 2 is 0.950 bits per heavy atom. The van der Waals surface area contributed by atoms with Crippen LogP contribution in [0.3, 0.4) is 0 Å². The molecule has 348 valence electrons. The number of amides is 2. The first-order chi connectivity index (χ1) is 29.3. The van der Waals surface area contributed by atoms with E-state index in [0.29, 0.717) is 12.8 Å². The summed E-state index contributed by atoms with van der Waals surface area (Å²) >= 11 is 0. The number of allylic oxidation sites excluding steroid dienone is 5. The largest absolute Gasteiger partial charge is 0.480 e. The number of aliphatic hydroxyl groups is 1. The van der Waals surface area contributed by atoms with E-state index < -0.39 is 24.5 Å². The molecule has 2 amide bonds. The molecule has 0 aromatic heterocycles. The molecule has 9 nitrogen and oxygen atoms in total. The second kappa shape index (κ2) is 45.6. The van der Waals surface area contributed by atoms with Crippen LogP contribution < -0.4 is 10.6 Å². The summed E-state index contributed by atoms with van der Waals surface area (Å²) in [5.41, 5.74) is 0. The van der Waals surface area contributed by atoms with Crippen LogP contribution in [0.4, 0.5) is 0 Å². The van der Waals surface area contributed by atoms with Crippen molar-refractivity contribution in [2.75, 3.05) is 13.2 Å². The Kier molecular flexibility index (Phi) is 43.4. The normalized spacial score (nSPS) is 12.7. The predicted molar refractivity (Wildman–Crippen MR) is 250 cm³/mol. The van der Waals surface area contributed by atoms with Gasteiger partial charge in [0.15, 0.2) is 0 Å². The lowest BCUT2D eigenvalue weighted by molar-refractivity contribution is -0.147. The number of hydrogen-bond donors (Lipinski definition) is 4. The molecule has 0 heterocycles. The number of aliphatic carboxylic acids is 1. The van der Waals surface area contributed by atoms with Crippen molar-refractivity contribution in [3.63, 3.8) is 0 Å². The van der Waals surface area contributed by atoms with Crippen molar-refractivity contribution in [1.82, 2.24) is 10.6 Å². The molecule has 0 aliphatic rings. The van der Waals surface area contributed by atoms with E-state index in [1.807, 2.05) is 6.08 Å². The number of rotatable bonds is 45. The lowest BCUT2D eigenvalue weighted by Gasteiger charge is -2.15. The molecule has 0 aromatic rings. The van der Waals surface area contributed by atoms with E-state index in [2.05, 4.69) is 54.9 Å². The molecule has 0 bridgehead atoms. The zero-order valence-electron chi connectivity index (χ0n) is 38.7. The van der Waals surface area contributed by atoms with Gasteiger partial charge in [-0.2, -0.15) is 0 Å². The standard InChI is InChI=1S/C51H92N2O7/c1-3-5-7-9-11-13-15-16-17-18-19-20-21-22-23-24-26-28-30-35-39-43-50(57)60-46(40-36-32-29-27-25-14-12-10-8-6-4-2)41-37-33-31-34-38-42-48(55)52-44-49(56)53-47(45-54)51(58)59/h12,14,27,29,36,40,46-47,54H,3-11,13,15-26,28,30-35,37-39,41-45H2,1-2H3,(H,52,55)(H,53,56)(H,58,59)/b14-12-,29-27-,40-36-. The second-order valence-corrected chi connectivity index (χ2v) is 16.9. The Labute approximate surface area is 367 Å². The minimum absolute atomic E-state index is 0.110. The first-order valence-corrected chi connectivity index (χ1v) is 24.9. The van der Waals surface area contributed by atoms with Gasteiger partial charge in [-0.05, 0) is 57.4 Å². The van der Waals surface area contributed by atoms with E-state index in [0.717, 1.165) is 64.2 Å². The summed E-state index contributed by atoms with van der Waals surface area (Å²) in [6, 6.07) is -1.39. The van der Waals surface area contributed by atoms with Crippen LogP contribution in [0.1, 0.15) is 239 Å². The third kappa shape index (κ3) is 41.8. The summed E-state index contributed by atoms with van der Waals surface area (Å²) in [5, 5.41) is 22.6. The maximum Gasteiger partial charge on any atom is 0.328 e. The molecule has 0 rings (SSSR count). The number of ether oxygens (including phenoxy) is 1. The summed E-state index contributed by atoms with van der Waals surface area (Å²) in [6.07, 6.45) is 53.5. The van der Waals surface area contributed by atoms with Gasteiger partial charge >= 0.3 is 11.9 Å². The number of hydrogen-bond acceptors (Lipinski definition) is 6. The Bertz CT molecular complexity index is 1110. The van der Waals surface area contributed by atoms with Crippen molar-refractivity contribution < 1.29 is 34.1 Å². The minimum Gasteiger partial charge on any atom is -0.480 e. The predicted octanol–water partition coefficient (Wildman–Crippen LogP) is 12.9. The molecule has 0 aromatic carbocycles. The van der Waals surface area contributed by atoms with Gasteiger partial charge < -0.3 is 25.6 Å². The van der Waals surface area contributed by atoms with Crippen LogP contribution in [0.25, 0.3) is 0 Å². The van der Waals surface area contributed by atoms with Gasteiger partial charge in [-0.25, -0.2) is 4.79 Å². The Morgan fingerprint density at radius 3 is 1.45 bits per heavy atom. The second-order valence-electron chi connectivity index (χ2n) is 16.9. The fraction of sp³-hybridized carbons (Fsp3) is 0.804. The van der Waals surface area contributed by atoms with Crippen molar-refractivity contribution in [1.29, 1.82) is 0 Å². The highest BCUT2D eigenvalue weighted by molar-refractivity contribution is 5.87. The molecule has 0 saturated carbocycles. The number of aliphatic hydroxyl groups excluding tert-OH is 1. The van der Waals surface area contributed by atoms with Crippen molar-refractivity contribution in [2.24, 2.45) is 0 Å². The Morgan fingerprint density at radius 1 is 0.517 bits per heavy atom. The zero-order valence-corrected chi connectivity index (χ0v) is 38.7. The number of unbranched alkanes of at least 4 members (excludes halogenated alkanes) is 27. The topological polar surface area (TPSA) is 142 Å². The summed E-state index contributed by atoms with van der Waals surface area (Å²) in [7, 11) is 0. The highest BCUT2D eigenvalue weighted by Crippen LogP contribution is 2.17. The summed E-state index contributed by atoms with van der Waals surface area (Å²) in [4.78, 5) is 47.6. The van der Waals surface area contributed by atoms with Crippen LogP contribution in [0.2, 0.25) is 0 Å². The fourth-order valence-electron chi connectivity index (χ4n) is 7.29. The molecule has 0 saturated heterocycles. The molecule has 0 spiro atoms. The average Bonchev–Trinajstić information content (AvgIpc) is 3.23. The monoisotopic (exact) mass is 845 g/mol. The fourth-order valence-corrected chi connectivity index (χ4v) is 7.29. The molecule has 9 heteroatoms. The maximum atomic E-state index is 12.8. The number of carbonyl (C=O) groups is 4. The summed E-state index contributed by atoms with van der Waals surface area (Å²) in [6.45, 7) is 3.46. The highest BCUT2D eigenvalue weighted by atomic mass is 16.5. The molecular weight excluding hydrogens is 753 g/mol. The molecular formula is C51H92N2O7.